The zero-order valence-corrected chi connectivity index (χ0v) is 17.8. The topological polar surface area (TPSA) is 66.5 Å². The summed E-state index contributed by atoms with van der Waals surface area (Å²) in [5, 5.41) is 2.77. The van der Waals surface area contributed by atoms with Gasteiger partial charge in [-0.2, -0.15) is 4.31 Å². The highest BCUT2D eigenvalue weighted by atomic mass is 32.2. The molecule has 0 saturated carbocycles. The molecule has 6 heteroatoms. The van der Waals surface area contributed by atoms with Crippen molar-refractivity contribution in [2.75, 3.05) is 11.9 Å². The van der Waals surface area contributed by atoms with Crippen molar-refractivity contribution < 1.29 is 13.2 Å². The van der Waals surface area contributed by atoms with Crippen LogP contribution in [0.2, 0.25) is 0 Å². The number of carbonyl (C=O) groups excluding carboxylic acids is 1. The third kappa shape index (κ3) is 5.34. The second-order valence-electron chi connectivity index (χ2n) is 7.43. The molecule has 1 fully saturated rings. The molecular formula is C23H28N2O3S. The molecule has 29 heavy (non-hydrogen) atoms. The van der Waals surface area contributed by atoms with Gasteiger partial charge in [-0.25, -0.2) is 8.42 Å². The SMILES string of the molecule is CCC1CCCCN1S(=O)(=O)c1ccc(NC(=O)C=Cc2ccc(C)cc2)cc1. The summed E-state index contributed by atoms with van der Waals surface area (Å²) in [6.45, 7) is 4.61. The standard InChI is InChI=1S/C23H28N2O3S/c1-3-21-6-4-5-17-25(21)29(27,28)22-14-12-20(13-15-22)24-23(26)16-11-19-9-7-18(2)8-10-19/h7-16,21H,3-6,17H2,1-2H3,(H,24,26). The van der Waals surface area contributed by atoms with Crippen molar-refractivity contribution in [3.63, 3.8) is 0 Å². The summed E-state index contributed by atoms with van der Waals surface area (Å²) >= 11 is 0. The zero-order chi connectivity index (χ0) is 20.9. The summed E-state index contributed by atoms with van der Waals surface area (Å²) in [6.07, 6.45) is 6.92. The first-order valence-electron chi connectivity index (χ1n) is 10.1. The number of aryl methyl sites for hydroxylation is 1. The quantitative estimate of drug-likeness (QED) is 0.705. The number of carbonyl (C=O) groups is 1. The largest absolute Gasteiger partial charge is 0.323 e. The fraction of sp³-hybridized carbons (Fsp3) is 0.348. The smallest absolute Gasteiger partial charge is 0.248 e. The van der Waals surface area contributed by atoms with Gasteiger partial charge < -0.3 is 5.32 Å². The molecule has 1 amide bonds. The maximum Gasteiger partial charge on any atom is 0.248 e. The van der Waals surface area contributed by atoms with Gasteiger partial charge in [0.25, 0.3) is 0 Å². The van der Waals surface area contributed by atoms with Gasteiger partial charge >= 0.3 is 0 Å². The maximum atomic E-state index is 13.0. The summed E-state index contributed by atoms with van der Waals surface area (Å²) < 4.78 is 27.6. The van der Waals surface area contributed by atoms with E-state index in [1.54, 1.807) is 34.6 Å². The molecule has 1 N–H and O–H groups in total. The number of hydrogen-bond donors (Lipinski definition) is 1. The van der Waals surface area contributed by atoms with Crippen LogP contribution in [-0.2, 0) is 14.8 Å². The fourth-order valence-corrected chi connectivity index (χ4v) is 5.34. The van der Waals surface area contributed by atoms with Gasteiger partial charge in [0.05, 0.1) is 4.90 Å². The number of sulfonamides is 1. The molecule has 1 aliphatic heterocycles. The number of piperidine rings is 1. The van der Waals surface area contributed by atoms with Crippen LogP contribution in [0.5, 0.6) is 0 Å². The maximum absolute atomic E-state index is 13.0. The van der Waals surface area contributed by atoms with E-state index in [0.717, 1.165) is 36.8 Å². The Morgan fingerprint density at radius 3 is 2.45 bits per heavy atom. The summed E-state index contributed by atoms with van der Waals surface area (Å²) in [5.41, 5.74) is 2.67. The highest BCUT2D eigenvalue weighted by molar-refractivity contribution is 7.89. The van der Waals surface area contributed by atoms with Crippen molar-refractivity contribution in [1.82, 2.24) is 4.31 Å². The van der Waals surface area contributed by atoms with Crippen LogP contribution in [0.1, 0.15) is 43.7 Å². The molecule has 1 saturated heterocycles. The molecule has 154 valence electrons. The monoisotopic (exact) mass is 412 g/mol. The van der Waals surface area contributed by atoms with E-state index in [1.807, 2.05) is 38.1 Å². The predicted molar refractivity (Wildman–Crippen MR) is 117 cm³/mol. The number of rotatable bonds is 6. The minimum atomic E-state index is -3.51. The molecule has 1 heterocycles. The van der Waals surface area contributed by atoms with Crippen LogP contribution in [0.25, 0.3) is 6.08 Å². The van der Waals surface area contributed by atoms with Crippen LogP contribution in [-0.4, -0.2) is 31.2 Å². The number of anilines is 1. The number of benzene rings is 2. The van der Waals surface area contributed by atoms with E-state index in [2.05, 4.69) is 5.32 Å². The van der Waals surface area contributed by atoms with E-state index in [9.17, 15) is 13.2 Å². The summed E-state index contributed by atoms with van der Waals surface area (Å²) in [6, 6.07) is 14.3. The first-order valence-corrected chi connectivity index (χ1v) is 11.5. The van der Waals surface area contributed by atoms with Gasteiger partial charge in [0.1, 0.15) is 0 Å². The van der Waals surface area contributed by atoms with Gasteiger partial charge in [-0.15, -0.1) is 0 Å². The molecule has 5 nitrogen and oxygen atoms in total. The van der Waals surface area contributed by atoms with Crippen molar-refractivity contribution >= 4 is 27.7 Å². The number of nitrogens with zero attached hydrogens (tertiary/aromatic N) is 1. The Hall–Kier alpha value is -2.44. The molecular weight excluding hydrogens is 384 g/mol. The zero-order valence-electron chi connectivity index (χ0n) is 17.0. The third-order valence-corrected chi connectivity index (χ3v) is 7.24. The minimum Gasteiger partial charge on any atom is -0.323 e. The van der Waals surface area contributed by atoms with Crippen LogP contribution in [0, 0.1) is 6.92 Å². The van der Waals surface area contributed by atoms with E-state index in [1.165, 1.54) is 6.08 Å². The van der Waals surface area contributed by atoms with Crippen LogP contribution in [0.3, 0.4) is 0 Å². The molecule has 0 aliphatic carbocycles. The Morgan fingerprint density at radius 1 is 1.10 bits per heavy atom. The van der Waals surface area contributed by atoms with Gasteiger partial charge in [0.2, 0.25) is 15.9 Å². The fourth-order valence-electron chi connectivity index (χ4n) is 3.58. The highest BCUT2D eigenvalue weighted by Crippen LogP contribution is 2.27. The number of hydrogen-bond acceptors (Lipinski definition) is 3. The molecule has 2 aromatic rings. The van der Waals surface area contributed by atoms with E-state index < -0.39 is 10.0 Å². The minimum absolute atomic E-state index is 0.0695. The average molecular weight is 413 g/mol. The van der Waals surface area contributed by atoms with Crippen LogP contribution in [0.4, 0.5) is 5.69 Å². The van der Waals surface area contributed by atoms with E-state index in [4.69, 9.17) is 0 Å². The molecule has 1 unspecified atom stereocenters. The molecule has 1 atom stereocenters. The number of amides is 1. The van der Waals surface area contributed by atoms with Crippen molar-refractivity contribution in [2.45, 2.75) is 50.5 Å². The van der Waals surface area contributed by atoms with Gasteiger partial charge in [-0.1, -0.05) is 43.2 Å². The molecule has 0 radical (unpaired) electrons. The highest BCUT2D eigenvalue weighted by Gasteiger charge is 2.32. The Labute approximate surface area is 173 Å². The lowest BCUT2D eigenvalue weighted by atomic mass is 10.0. The van der Waals surface area contributed by atoms with Gasteiger partial charge in [-0.3, -0.25) is 4.79 Å². The van der Waals surface area contributed by atoms with Crippen molar-refractivity contribution in [3.05, 3.63) is 65.7 Å². The second kappa shape index (κ2) is 9.37. The van der Waals surface area contributed by atoms with Crippen LogP contribution < -0.4 is 5.32 Å². The number of nitrogens with one attached hydrogen (secondary N) is 1. The first kappa shape index (κ1) is 21.3. The first-order chi connectivity index (χ1) is 13.9. The lowest BCUT2D eigenvalue weighted by Gasteiger charge is -2.34. The van der Waals surface area contributed by atoms with Crippen molar-refractivity contribution in [3.8, 4) is 0 Å². The Balaban J connectivity index is 1.66. The molecule has 0 spiro atoms. The Bertz CT molecular complexity index is 964. The van der Waals surface area contributed by atoms with E-state index in [-0.39, 0.29) is 16.8 Å². The van der Waals surface area contributed by atoms with Crippen molar-refractivity contribution in [2.24, 2.45) is 0 Å². The van der Waals surface area contributed by atoms with Gasteiger partial charge in [0.15, 0.2) is 0 Å². The lowest BCUT2D eigenvalue weighted by Crippen LogP contribution is -2.43. The average Bonchev–Trinajstić information content (AvgIpc) is 2.73. The summed E-state index contributed by atoms with van der Waals surface area (Å²) in [4.78, 5) is 12.4. The molecule has 2 aromatic carbocycles. The molecule has 1 aliphatic rings. The molecule has 0 bridgehead atoms. The normalized spacial score (nSPS) is 18.1. The second-order valence-corrected chi connectivity index (χ2v) is 9.32. The van der Waals surface area contributed by atoms with Crippen molar-refractivity contribution in [1.29, 1.82) is 0 Å². The summed E-state index contributed by atoms with van der Waals surface area (Å²) in [5.74, 6) is -0.261. The Kier molecular flexibility index (Phi) is 6.87. The third-order valence-electron chi connectivity index (χ3n) is 5.28. The van der Waals surface area contributed by atoms with E-state index in [0.29, 0.717) is 12.2 Å². The van der Waals surface area contributed by atoms with Gasteiger partial charge in [0, 0.05) is 24.4 Å². The van der Waals surface area contributed by atoms with E-state index >= 15 is 0 Å². The molecule has 3 rings (SSSR count). The molecule has 0 aromatic heterocycles. The van der Waals surface area contributed by atoms with Gasteiger partial charge in [-0.05, 0) is 62.1 Å². The van der Waals surface area contributed by atoms with Crippen LogP contribution in [0.15, 0.2) is 59.5 Å². The summed E-state index contributed by atoms with van der Waals surface area (Å²) in [7, 11) is -3.51. The Morgan fingerprint density at radius 2 is 1.79 bits per heavy atom. The lowest BCUT2D eigenvalue weighted by molar-refractivity contribution is -0.111. The van der Waals surface area contributed by atoms with Crippen LogP contribution >= 0.6 is 0 Å². The predicted octanol–water partition coefficient (Wildman–Crippen LogP) is 4.60.